The Morgan fingerprint density at radius 2 is 2.24 bits per heavy atom. The number of likely N-dealkylation sites (tertiary alicyclic amines) is 1. The number of rotatable bonds is 4. The summed E-state index contributed by atoms with van der Waals surface area (Å²) in [5.41, 5.74) is 0. The molecule has 0 aromatic carbocycles. The summed E-state index contributed by atoms with van der Waals surface area (Å²) in [4.78, 5) is 12.9. The van der Waals surface area contributed by atoms with E-state index in [-0.39, 0.29) is 0 Å². The van der Waals surface area contributed by atoms with Gasteiger partial charge in [0.05, 0.1) is 6.54 Å². The van der Waals surface area contributed by atoms with Crippen LogP contribution in [-0.4, -0.2) is 43.8 Å². The standard InChI is InChI=1S/C11H18N4O2/c1-14-8-12-13-10(14)7-15-4-2-9(3-5-15)6-11(16)17/h8-9H,2-7H2,1H3,(H,16,17). The number of carboxylic acids is 1. The largest absolute Gasteiger partial charge is 0.481 e. The van der Waals surface area contributed by atoms with Crippen LogP contribution in [0.4, 0.5) is 0 Å². The molecule has 1 aliphatic heterocycles. The third-order valence-corrected chi connectivity index (χ3v) is 3.34. The Hall–Kier alpha value is -1.43. The molecule has 0 bridgehead atoms. The lowest BCUT2D eigenvalue weighted by molar-refractivity contribution is -0.138. The first-order chi connectivity index (χ1) is 8.15. The molecule has 94 valence electrons. The van der Waals surface area contributed by atoms with E-state index in [4.69, 9.17) is 5.11 Å². The maximum Gasteiger partial charge on any atom is 0.303 e. The van der Waals surface area contributed by atoms with Crippen molar-refractivity contribution < 1.29 is 9.90 Å². The van der Waals surface area contributed by atoms with Crippen molar-refractivity contribution in [2.75, 3.05) is 13.1 Å². The van der Waals surface area contributed by atoms with Crippen molar-refractivity contribution in [2.45, 2.75) is 25.8 Å². The van der Waals surface area contributed by atoms with Crippen molar-refractivity contribution in [2.24, 2.45) is 13.0 Å². The SMILES string of the molecule is Cn1cnnc1CN1CCC(CC(=O)O)CC1. The van der Waals surface area contributed by atoms with Crippen molar-refractivity contribution in [3.8, 4) is 0 Å². The van der Waals surface area contributed by atoms with Gasteiger partial charge in [0.25, 0.3) is 0 Å². The molecule has 0 aliphatic carbocycles. The minimum Gasteiger partial charge on any atom is -0.481 e. The van der Waals surface area contributed by atoms with Gasteiger partial charge in [0, 0.05) is 13.5 Å². The van der Waals surface area contributed by atoms with Gasteiger partial charge in [-0.05, 0) is 31.8 Å². The number of nitrogens with zero attached hydrogens (tertiary/aromatic N) is 4. The first kappa shape index (κ1) is 12.0. The van der Waals surface area contributed by atoms with Gasteiger partial charge in [-0.2, -0.15) is 0 Å². The number of aliphatic carboxylic acids is 1. The van der Waals surface area contributed by atoms with Crippen molar-refractivity contribution in [1.29, 1.82) is 0 Å². The van der Waals surface area contributed by atoms with Gasteiger partial charge >= 0.3 is 5.97 Å². The van der Waals surface area contributed by atoms with Gasteiger partial charge in [-0.3, -0.25) is 9.69 Å². The highest BCUT2D eigenvalue weighted by Gasteiger charge is 2.22. The van der Waals surface area contributed by atoms with Crippen molar-refractivity contribution in [3.05, 3.63) is 12.2 Å². The summed E-state index contributed by atoms with van der Waals surface area (Å²) in [5.74, 6) is 0.613. The van der Waals surface area contributed by atoms with Crippen LogP contribution in [0, 0.1) is 5.92 Å². The molecule has 0 unspecified atom stereocenters. The highest BCUT2D eigenvalue weighted by Crippen LogP contribution is 2.21. The van der Waals surface area contributed by atoms with E-state index in [0.29, 0.717) is 12.3 Å². The lowest BCUT2D eigenvalue weighted by Gasteiger charge is -2.30. The molecule has 0 amide bonds. The number of aryl methyl sites for hydroxylation is 1. The van der Waals surface area contributed by atoms with Gasteiger partial charge in [0.15, 0.2) is 0 Å². The maximum absolute atomic E-state index is 10.6. The van der Waals surface area contributed by atoms with Crippen LogP contribution in [0.2, 0.25) is 0 Å². The molecule has 6 heteroatoms. The average molecular weight is 238 g/mol. The number of hydrogen-bond donors (Lipinski definition) is 1. The molecule has 6 nitrogen and oxygen atoms in total. The van der Waals surface area contributed by atoms with Crippen LogP contribution in [0.3, 0.4) is 0 Å². The second-order valence-corrected chi connectivity index (χ2v) is 4.68. The number of hydrogen-bond acceptors (Lipinski definition) is 4. The lowest BCUT2D eigenvalue weighted by Crippen LogP contribution is -2.34. The second-order valence-electron chi connectivity index (χ2n) is 4.68. The van der Waals surface area contributed by atoms with E-state index in [9.17, 15) is 4.79 Å². The molecule has 1 saturated heterocycles. The van der Waals surface area contributed by atoms with Crippen molar-refractivity contribution in [1.82, 2.24) is 19.7 Å². The smallest absolute Gasteiger partial charge is 0.303 e. The summed E-state index contributed by atoms with van der Waals surface area (Å²) in [6, 6.07) is 0. The van der Waals surface area contributed by atoms with Crippen LogP contribution in [0.1, 0.15) is 25.1 Å². The highest BCUT2D eigenvalue weighted by atomic mass is 16.4. The predicted molar refractivity (Wildman–Crippen MR) is 61.3 cm³/mol. The summed E-state index contributed by atoms with van der Waals surface area (Å²) in [7, 11) is 1.94. The molecule has 1 fully saturated rings. The van der Waals surface area contributed by atoms with E-state index in [0.717, 1.165) is 38.3 Å². The van der Waals surface area contributed by atoms with Crippen LogP contribution in [0.5, 0.6) is 0 Å². The van der Waals surface area contributed by atoms with Crippen LogP contribution < -0.4 is 0 Å². The Bertz CT molecular complexity index is 383. The minimum atomic E-state index is -0.684. The zero-order valence-corrected chi connectivity index (χ0v) is 10.0. The molecular weight excluding hydrogens is 220 g/mol. The number of carboxylic acid groups (broad SMARTS) is 1. The number of carbonyl (C=O) groups is 1. The Kier molecular flexibility index (Phi) is 3.73. The molecule has 1 aromatic heterocycles. The third-order valence-electron chi connectivity index (χ3n) is 3.34. The Morgan fingerprint density at radius 1 is 1.53 bits per heavy atom. The Labute approximate surface area is 100 Å². The maximum atomic E-state index is 10.6. The Balaban J connectivity index is 1.79. The Morgan fingerprint density at radius 3 is 2.76 bits per heavy atom. The molecule has 0 radical (unpaired) electrons. The molecular formula is C11H18N4O2. The molecule has 0 saturated carbocycles. The van der Waals surface area contributed by atoms with Crippen LogP contribution >= 0.6 is 0 Å². The molecule has 0 spiro atoms. The fourth-order valence-electron chi connectivity index (χ4n) is 2.25. The van der Waals surface area contributed by atoms with Crippen LogP contribution in [0.15, 0.2) is 6.33 Å². The fourth-order valence-corrected chi connectivity index (χ4v) is 2.25. The topological polar surface area (TPSA) is 71.2 Å². The number of aromatic nitrogens is 3. The van der Waals surface area contributed by atoms with E-state index < -0.39 is 5.97 Å². The number of piperidine rings is 1. The van der Waals surface area contributed by atoms with Gasteiger partial charge in [-0.15, -0.1) is 10.2 Å². The molecule has 17 heavy (non-hydrogen) atoms. The zero-order chi connectivity index (χ0) is 12.3. The lowest BCUT2D eigenvalue weighted by atomic mass is 9.94. The first-order valence-electron chi connectivity index (χ1n) is 5.92. The van der Waals surface area contributed by atoms with Crippen LogP contribution in [0.25, 0.3) is 0 Å². The van der Waals surface area contributed by atoms with E-state index in [1.807, 2.05) is 11.6 Å². The molecule has 1 N–H and O–H groups in total. The summed E-state index contributed by atoms with van der Waals surface area (Å²) in [5, 5.41) is 16.6. The summed E-state index contributed by atoms with van der Waals surface area (Å²) in [6.07, 6.45) is 3.93. The van der Waals surface area contributed by atoms with E-state index >= 15 is 0 Å². The normalized spacial score (nSPS) is 18.4. The predicted octanol–water partition coefficient (Wildman–Crippen LogP) is 0.502. The second kappa shape index (κ2) is 5.27. The molecule has 1 aliphatic rings. The first-order valence-corrected chi connectivity index (χ1v) is 5.92. The van der Waals surface area contributed by atoms with Crippen LogP contribution in [-0.2, 0) is 18.4 Å². The van der Waals surface area contributed by atoms with Gasteiger partial charge in [0.2, 0.25) is 0 Å². The zero-order valence-electron chi connectivity index (χ0n) is 10.0. The molecule has 0 atom stereocenters. The monoisotopic (exact) mass is 238 g/mol. The summed E-state index contributed by atoms with van der Waals surface area (Å²) < 4.78 is 1.92. The highest BCUT2D eigenvalue weighted by molar-refractivity contribution is 5.67. The average Bonchev–Trinajstić information content (AvgIpc) is 2.67. The summed E-state index contributed by atoms with van der Waals surface area (Å²) in [6.45, 7) is 2.70. The van der Waals surface area contributed by atoms with E-state index in [1.165, 1.54) is 0 Å². The van der Waals surface area contributed by atoms with E-state index in [1.54, 1.807) is 6.33 Å². The fraction of sp³-hybridized carbons (Fsp3) is 0.727. The van der Waals surface area contributed by atoms with Gasteiger partial charge in [-0.1, -0.05) is 0 Å². The van der Waals surface area contributed by atoms with Crippen molar-refractivity contribution >= 4 is 5.97 Å². The molecule has 1 aromatic rings. The summed E-state index contributed by atoms with van der Waals surface area (Å²) >= 11 is 0. The van der Waals surface area contributed by atoms with Gasteiger partial charge in [0.1, 0.15) is 12.2 Å². The minimum absolute atomic E-state index is 0.303. The van der Waals surface area contributed by atoms with Gasteiger partial charge < -0.3 is 9.67 Å². The van der Waals surface area contributed by atoms with Crippen molar-refractivity contribution in [3.63, 3.8) is 0 Å². The quantitative estimate of drug-likeness (QED) is 0.827. The third kappa shape index (κ3) is 3.26. The van der Waals surface area contributed by atoms with Gasteiger partial charge in [-0.25, -0.2) is 0 Å². The molecule has 2 heterocycles. The molecule has 2 rings (SSSR count). The van der Waals surface area contributed by atoms with E-state index in [2.05, 4.69) is 15.1 Å².